The highest BCUT2D eigenvalue weighted by Crippen LogP contribution is 2.22. The zero-order valence-corrected chi connectivity index (χ0v) is 10.6. The lowest BCUT2D eigenvalue weighted by Gasteiger charge is -2.40. The lowest BCUT2D eigenvalue weighted by Crippen LogP contribution is -2.48. The summed E-state index contributed by atoms with van der Waals surface area (Å²) in [5, 5.41) is 0. The van der Waals surface area contributed by atoms with Gasteiger partial charge in [-0.3, -0.25) is 4.90 Å². The first-order valence-corrected chi connectivity index (χ1v) is 6.07. The van der Waals surface area contributed by atoms with Crippen molar-refractivity contribution < 1.29 is 4.74 Å². The molecule has 4 atom stereocenters. The van der Waals surface area contributed by atoms with Gasteiger partial charge in [0.05, 0.1) is 6.10 Å². The molecule has 2 N–H and O–H groups in total. The van der Waals surface area contributed by atoms with Crippen molar-refractivity contribution in [3.63, 3.8) is 0 Å². The summed E-state index contributed by atoms with van der Waals surface area (Å²) in [5.41, 5.74) is 5.84. The average Bonchev–Trinajstić information content (AvgIpc) is 2.17. The number of methoxy groups -OCH3 is 1. The molecule has 90 valence electrons. The molecule has 0 aromatic carbocycles. The Balaban J connectivity index is 2.43. The molecule has 1 fully saturated rings. The number of nitrogens with two attached hydrogens (primary N) is 1. The molecule has 1 aliphatic rings. The first-order valence-electron chi connectivity index (χ1n) is 6.07. The third-order valence-electron chi connectivity index (χ3n) is 3.56. The fraction of sp³-hybridized carbons (Fsp3) is 1.00. The first kappa shape index (κ1) is 12.9. The van der Waals surface area contributed by atoms with Gasteiger partial charge in [0.1, 0.15) is 0 Å². The molecule has 0 saturated carbocycles. The van der Waals surface area contributed by atoms with Crippen LogP contribution in [0.5, 0.6) is 0 Å². The summed E-state index contributed by atoms with van der Waals surface area (Å²) in [5.74, 6) is 0.689. The molecular weight excluding hydrogens is 188 g/mol. The smallest absolute Gasteiger partial charge is 0.0724 e. The Morgan fingerprint density at radius 2 is 2.13 bits per heavy atom. The van der Waals surface area contributed by atoms with Gasteiger partial charge in [-0.15, -0.1) is 0 Å². The van der Waals surface area contributed by atoms with Gasteiger partial charge in [-0.05, 0) is 39.2 Å². The predicted molar refractivity (Wildman–Crippen MR) is 63.9 cm³/mol. The van der Waals surface area contributed by atoms with Gasteiger partial charge in [0.2, 0.25) is 0 Å². The van der Waals surface area contributed by atoms with Crippen LogP contribution in [0, 0.1) is 5.92 Å². The van der Waals surface area contributed by atoms with Crippen LogP contribution in [0.2, 0.25) is 0 Å². The molecule has 0 aliphatic carbocycles. The molecule has 0 aromatic rings. The summed E-state index contributed by atoms with van der Waals surface area (Å²) in [4.78, 5) is 2.51. The van der Waals surface area contributed by atoms with E-state index in [2.05, 4.69) is 25.7 Å². The quantitative estimate of drug-likeness (QED) is 0.770. The predicted octanol–water partition coefficient (Wildman–Crippen LogP) is 1.47. The monoisotopic (exact) mass is 214 g/mol. The van der Waals surface area contributed by atoms with E-state index in [0.717, 1.165) is 13.0 Å². The van der Waals surface area contributed by atoms with E-state index in [9.17, 15) is 0 Å². The summed E-state index contributed by atoms with van der Waals surface area (Å²) in [7, 11) is 1.82. The molecule has 0 spiro atoms. The van der Waals surface area contributed by atoms with Crippen LogP contribution in [0.1, 0.15) is 33.6 Å². The topological polar surface area (TPSA) is 38.5 Å². The second kappa shape index (κ2) is 5.83. The molecule has 1 aliphatic heterocycles. The van der Waals surface area contributed by atoms with Crippen molar-refractivity contribution in [3.8, 4) is 0 Å². The number of nitrogens with zero attached hydrogens (tertiary/aromatic N) is 1. The van der Waals surface area contributed by atoms with E-state index < -0.39 is 0 Å². The van der Waals surface area contributed by atoms with Crippen molar-refractivity contribution >= 4 is 0 Å². The summed E-state index contributed by atoms with van der Waals surface area (Å²) in [6, 6.07) is 0.871. The third-order valence-corrected chi connectivity index (χ3v) is 3.56. The van der Waals surface area contributed by atoms with Crippen LogP contribution < -0.4 is 5.73 Å². The Hall–Kier alpha value is -0.120. The van der Waals surface area contributed by atoms with E-state index in [1.165, 1.54) is 13.0 Å². The summed E-state index contributed by atoms with van der Waals surface area (Å²) < 4.78 is 5.52. The minimum Gasteiger partial charge on any atom is -0.380 e. The Morgan fingerprint density at radius 3 is 2.67 bits per heavy atom. The van der Waals surface area contributed by atoms with Crippen molar-refractivity contribution in [3.05, 3.63) is 0 Å². The Morgan fingerprint density at radius 1 is 1.47 bits per heavy atom. The number of hydrogen-bond donors (Lipinski definition) is 1. The van der Waals surface area contributed by atoms with Crippen molar-refractivity contribution in [2.75, 3.05) is 20.2 Å². The third kappa shape index (κ3) is 3.74. The molecule has 3 heteroatoms. The highest BCUT2D eigenvalue weighted by molar-refractivity contribution is 4.82. The molecule has 0 amide bonds. The maximum atomic E-state index is 5.84. The number of hydrogen-bond acceptors (Lipinski definition) is 3. The van der Waals surface area contributed by atoms with E-state index in [0.29, 0.717) is 24.1 Å². The van der Waals surface area contributed by atoms with Gasteiger partial charge in [-0.2, -0.15) is 0 Å². The van der Waals surface area contributed by atoms with E-state index in [1.807, 2.05) is 7.11 Å². The van der Waals surface area contributed by atoms with E-state index in [4.69, 9.17) is 10.5 Å². The minimum atomic E-state index is 0.292. The number of rotatable bonds is 4. The van der Waals surface area contributed by atoms with Crippen LogP contribution in [-0.2, 0) is 4.74 Å². The van der Waals surface area contributed by atoms with Crippen LogP contribution in [0.25, 0.3) is 0 Å². The van der Waals surface area contributed by atoms with Crippen LogP contribution in [0.4, 0.5) is 0 Å². The van der Waals surface area contributed by atoms with Crippen LogP contribution in [0.3, 0.4) is 0 Å². The van der Waals surface area contributed by atoms with Crippen LogP contribution >= 0.6 is 0 Å². The standard InChI is InChI=1S/C12H26N2O/c1-9-5-6-14(8-12(9)15-4)11(3)7-10(2)13/h9-12H,5-8,13H2,1-4H3. The van der Waals surface area contributed by atoms with Crippen molar-refractivity contribution in [1.29, 1.82) is 0 Å². The molecule has 15 heavy (non-hydrogen) atoms. The number of piperidine rings is 1. The fourth-order valence-electron chi connectivity index (χ4n) is 2.45. The van der Waals surface area contributed by atoms with Crippen molar-refractivity contribution in [2.45, 2.75) is 51.8 Å². The Labute approximate surface area is 94.0 Å². The SMILES string of the molecule is COC1CN(C(C)CC(C)N)CCC1C. The maximum Gasteiger partial charge on any atom is 0.0724 e. The summed E-state index contributed by atoms with van der Waals surface area (Å²) >= 11 is 0. The minimum absolute atomic E-state index is 0.292. The molecular formula is C12H26N2O. The van der Waals surface area contributed by atoms with Gasteiger partial charge in [0.15, 0.2) is 0 Å². The van der Waals surface area contributed by atoms with Gasteiger partial charge in [-0.1, -0.05) is 6.92 Å². The average molecular weight is 214 g/mol. The van der Waals surface area contributed by atoms with E-state index in [-0.39, 0.29) is 0 Å². The van der Waals surface area contributed by atoms with Crippen molar-refractivity contribution in [1.82, 2.24) is 4.90 Å². The van der Waals surface area contributed by atoms with Gasteiger partial charge < -0.3 is 10.5 Å². The second-order valence-corrected chi connectivity index (χ2v) is 5.10. The van der Waals surface area contributed by atoms with Crippen LogP contribution in [-0.4, -0.2) is 43.3 Å². The molecule has 0 bridgehead atoms. The fourth-order valence-corrected chi connectivity index (χ4v) is 2.45. The lowest BCUT2D eigenvalue weighted by atomic mass is 9.94. The first-order chi connectivity index (χ1) is 7.04. The molecule has 0 radical (unpaired) electrons. The van der Waals surface area contributed by atoms with Gasteiger partial charge >= 0.3 is 0 Å². The molecule has 1 saturated heterocycles. The van der Waals surface area contributed by atoms with Gasteiger partial charge in [0, 0.05) is 25.7 Å². The summed E-state index contributed by atoms with van der Waals surface area (Å²) in [6.07, 6.45) is 2.71. The second-order valence-electron chi connectivity index (χ2n) is 5.10. The molecule has 1 heterocycles. The molecule has 1 rings (SSSR count). The molecule has 4 unspecified atom stereocenters. The molecule has 3 nitrogen and oxygen atoms in total. The molecule has 0 aromatic heterocycles. The Kier molecular flexibility index (Phi) is 5.03. The lowest BCUT2D eigenvalue weighted by molar-refractivity contribution is -0.0182. The van der Waals surface area contributed by atoms with Gasteiger partial charge in [-0.25, -0.2) is 0 Å². The van der Waals surface area contributed by atoms with Crippen molar-refractivity contribution in [2.24, 2.45) is 11.7 Å². The largest absolute Gasteiger partial charge is 0.380 e. The van der Waals surface area contributed by atoms with E-state index >= 15 is 0 Å². The van der Waals surface area contributed by atoms with Gasteiger partial charge in [0.25, 0.3) is 0 Å². The highest BCUT2D eigenvalue weighted by atomic mass is 16.5. The number of ether oxygens (including phenoxy) is 1. The number of likely N-dealkylation sites (tertiary alicyclic amines) is 1. The Bertz CT molecular complexity index is 184. The van der Waals surface area contributed by atoms with Crippen LogP contribution in [0.15, 0.2) is 0 Å². The zero-order chi connectivity index (χ0) is 11.4. The normalized spacial score (nSPS) is 32.6. The highest BCUT2D eigenvalue weighted by Gasteiger charge is 2.28. The summed E-state index contributed by atoms with van der Waals surface area (Å²) in [6.45, 7) is 8.88. The maximum absolute atomic E-state index is 5.84. The zero-order valence-electron chi connectivity index (χ0n) is 10.6. The van der Waals surface area contributed by atoms with E-state index in [1.54, 1.807) is 0 Å².